The summed E-state index contributed by atoms with van der Waals surface area (Å²) in [5, 5.41) is 12.2. The Balaban J connectivity index is 1.69. The van der Waals surface area contributed by atoms with Crippen molar-refractivity contribution < 1.29 is 24.2 Å². The highest BCUT2D eigenvalue weighted by Gasteiger charge is 2.34. The number of carboxylic acid groups (broad SMARTS) is 1. The molecule has 3 aromatic carbocycles. The quantitative estimate of drug-likeness (QED) is 0.594. The van der Waals surface area contributed by atoms with E-state index in [2.05, 4.69) is 5.32 Å². The molecule has 0 unspecified atom stereocenters. The number of hydrogen-bond donors (Lipinski definition) is 2. The summed E-state index contributed by atoms with van der Waals surface area (Å²) >= 11 is 0. The molecule has 0 radical (unpaired) electrons. The van der Waals surface area contributed by atoms with Crippen molar-refractivity contribution in [2.75, 3.05) is 23.4 Å². The van der Waals surface area contributed by atoms with E-state index in [1.54, 1.807) is 23.1 Å². The average molecular weight is 418 g/mol. The third-order valence-corrected chi connectivity index (χ3v) is 4.91. The second-order valence-corrected chi connectivity index (χ2v) is 6.95. The highest BCUT2D eigenvalue weighted by Crippen LogP contribution is 2.37. The molecule has 1 aliphatic rings. The monoisotopic (exact) mass is 418 g/mol. The molecule has 31 heavy (non-hydrogen) atoms. The van der Waals surface area contributed by atoms with E-state index < -0.39 is 18.7 Å². The number of hydrogen-bond acceptors (Lipinski definition) is 5. The fourth-order valence-electron chi connectivity index (χ4n) is 3.51. The van der Waals surface area contributed by atoms with Gasteiger partial charge in [0, 0.05) is 11.4 Å². The van der Waals surface area contributed by atoms with Crippen molar-refractivity contribution in [3.8, 4) is 11.5 Å². The number of rotatable bonds is 7. The second kappa shape index (κ2) is 8.79. The van der Waals surface area contributed by atoms with Crippen molar-refractivity contribution in [3.63, 3.8) is 0 Å². The summed E-state index contributed by atoms with van der Waals surface area (Å²) in [6, 6.07) is 21.8. The highest BCUT2D eigenvalue weighted by atomic mass is 16.5. The molecule has 0 saturated heterocycles. The lowest BCUT2D eigenvalue weighted by molar-refractivity contribution is -0.139. The van der Waals surface area contributed by atoms with Crippen LogP contribution in [0.1, 0.15) is 29.0 Å². The first-order valence-corrected chi connectivity index (χ1v) is 9.93. The highest BCUT2D eigenvalue weighted by molar-refractivity contribution is 6.12. The number of carbonyl (C=O) groups excluding carboxylic acids is 1. The molecule has 1 atom stereocenters. The molecule has 0 aromatic heterocycles. The molecular formula is C24H22N2O5. The number of nitrogens with one attached hydrogen (secondary N) is 1. The molecule has 0 aliphatic carbocycles. The van der Waals surface area contributed by atoms with Crippen LogP contribution in [0.3, 0.4) is 0 Å². The van der Waals surface area contributed by atoms with E-state index in [9.17, 15) is 9.59 Å². The fraction of sp³-hybridized carbons (Fsp3) is 0.167. The molecule has 1 aliphatic heterocycles. The topological polar surface area (TPSA) is 88.1 Å². The SMILES string of the molecule is CCOc1ccc(N2C(=O)c3ccccc3N[C@@H]2c2ccc(OCC(=O)O)cc2)cc1. The molecular weight excluding hydrogens is 396 g/mol. The van der Waals surface area contributed by atoms with Crippen LogP contribution >= 0.6 is 0 Å². The largest absolute Gasteiger partial charge is 0.494 e. The van der Waals surface area contributed by atoms with E-state index in [0.29, 0.717) is 17.9 Å². The third-order valence-electron chi connectivity index (χ3n) is 4.91. The number of ether oxygens (including phenoxy) is 2. The van der Waals surface area contributed by atoms with Crippen LogP contribution in [-0.2, 0) is 4.79 Å². The van der Waals surface area contributed by atoms with Crippen LogP contribution in [0.25, 0.3) is 0 Å². The van der Waals surface area contributed by atoms with E-state index in [4.69, 9.17) is 14.6 Å². The molecule has 7 heteroatoms. The second-order valence-electron chi connectivity index (χ2n) is 6.95. The van der Waals surface area contributed by atoms with Gasteiger partial charge in [-0.1, -0.05) is 24.3 Å². The van der Waals surface area contributed by atoms with E-state index >= 15 is 0 Å². The van der Waals surface area contributed by atoms with Crippen LogP contribution in [-0.4, -0.2) is 30.2 Å². The summed E-state index contributed by atoms with van der Waals surface area (Å²) in [5.74, 6) is 0.0264. The van der Waals surface area contributed by atoms with Crippen molar-refractivity contribution >= 4 is 23.3 Å². The Morgan fingerprint density at radius 3 is 2.29 bits per heavy atom. The van der Waals surface area contributed by atoms with Gasteiger partial charge in [0.15, 0.2) is 6.61 Å². The number of nitrogens with zero attached hydrogens (tertiary/aromatic N) is 1. The van der Waals surface area contributed by atoms with Crippen molar-refractivity contribution in [3.05, 3.63) is 83.9 Å². The minimum Gasteiger partial charge on any atom is -0.494 e. The Labute approximate surface area is 179 Å². The summed E-state index contributed by atoms with van der Waals surface area (Å²) in [6.07, 6.45) is -0.450. The number of carboxylic acids is 1. The smallest absolute Gasteiger partial charge is 0.341 e. The van der Waals surface area contributed by atoms with Crippen LogP contribution in [0, 0.1) is 0 Å². The number of benzene rings is 3. The summed E-state index contributed by atoms with van der Waals surface area (Å²) in [5.41, 5.74) is 2.91. The van der Waals surface area contributed by atoms with Crippen molar-refractivity contribution in [2.45, 2.75) is 13.1 Å². The number of para-hydroxylation sites is 1. The summed E-state index contributed by atoms with van der Waals surface area (Å²) in [6.45, 7) is 2.07. The molecule has 0 spiro atoms. The first-order valence-electron chi connectivity index (χ1n) is 9.93. The number of carbonyl (C=O) groups is 2. The van der Waals surface area contributed by atoms with Gasteiger partial charge in [0.2, 0.25) is 0 Å². The fourth-order valence-corrected chi connectivity index (χ4v) is 3.51. The lowest BCUT2D eigenvalue weighted by Crippen LogP contribution is -2.43. The maximum atomic E-state index is 13.4. The lowest BCUT2D eigenvalue weighted by atomic mass is 10.0. The van der Waals surface area contributed by atoms with Crippen LogP contribution in [0.4, 0.5) is 11.4 Å². The zero-order valence-corrected chi connectivity index (χ0v) is 16.9. The number of anilines is 2. The molecule has 3 aromatic rings. The third kappa shape index (κ3) is 4.30. The Hall–Kier alpha value is -4.00. The normalized spacial score (nSPS) is 15.1. The predicted octanol–water partition coefficient (Wildman–Crippen LogP) is 4.32. The van der Waals surface area contributed by atoms with Crippen molar-refractivity contribution in [1.82, 2.24) is 0 Å². The summed E-state index contributed by atoms with van der Waals surface area (Å²) < 4.78 is 10.7. The van der Waals surface area contributed by atoms with E-state index in [-0.39, 0.29) is 5.91 Å². The molecule has 0 bridgehead atoms. The van der Waals surface area contributed by atoms with Gasteiger partial charge in [-0.2, -0.15) is 0 Å². The zero-order chi connectivity index (χ0) is 21.8. The van der Waals surface area contributed by atoms with Crippen molar-refractivity contribution in [2.24, 2.45) is 0 Å². The van der Waals surface area contributed by atoms with Gasteiger partial charge in [0.1, 0.15) is 17.7 Å². The molecule has 1 amide bonds. The molecule has 1 heterocycles. The zero-order valence-electron chi connectivity index (χ0n) is 16.9. The standard InChI is InChI=1S/C24H22N2O5/c1-2-30-18-13-9-17(10-14-18)26-23(25-21-6-4-3-5-20(21)24(26)29)16-7-11-19(12-8-16)31-15-22(27)28/h3-14,23,25H,2,15H2,1H3,(H,27,28)/t23-/m0/s1. The first-order chi connectivity index (χ1) is 15.1. The van der Waals surface area contributed by atoms with Crippen molar-refractivity contribution in [1.29, 1.82) is 0 Å². The number of fused-ring (bicyclic) bond motifs is 1. The number of aliphatic carboxylic acids is 1. The van der Waals surface area contributed by atoms with Gasteiger partial charge in [-0.05, 0) is 61.0 Å². The Bertz CT molecular complexity index is 1080. The Morgan fingerprint density at radius 2 is 1.61 bits per heavy atom. The number of amides is 1. The molecule has 4 rings (SSSR count). The molecule has 0 saturated carbocycles. The average Bonchev–Trinajstić information content (AvgIpc) is 2.79. The van der Waals surface area contributed by atoms with E-state index in [1.807, 2.05) is 61.5 Å². The van der Waals surface area contributed by atoms with E-state index in [1.165, 1.54) is 0 Å². The van der Waals surface area contributed by atoms with Gasteiger partial charge in [0.05, 0.1) is 12.2 Å². The minimum atomic E-state index is -1.04. The van der Waals surface area contributed by atoms with Crippen LogP contribution in [0.2, 0.25) is 0 Å². The van der Waals surface area contributed by atoms with Gasteiger partial charge >= 0.3 is 5.97 Å². The van der Waals surface area contributed by atoms with Crippen LogP contribution < -0.4 is 19.7 Å². The minimum absolute atomic E-state index is 0.116. The van der Waals surface area contributed by atoms with Gasteiger partial charge in [-0.25, -0.2) is 4.79 Å². The summed E-state index contributed by atoms with van der Waals surface area (Å²) in [4.78, 5) is 25.8. The lowest BCUT2D eigenvalue weighted by Gasteiger charge is -2.38. The van der Waals surface area contributed by atoms with Gasteiger partial charge < -0.3 is 19.9 Å². The van der Waals surface area contributed by atoms with Gasteiger partial charge in [0.25, 0.3) is 5.91 Å². The Kier molecular flexibility index (Phi) is 5.75. The Morgan fingerprint density at radius 1 is 0.968 bits per heavy atom. The van der Waals surface area contributed by atoms with Crippen LogP contribution in [0.5, 0.6) is 11.5 Å². The predicted molar refractivity (Wildman–Crippen MR) is 117 cm³/mol. The maximum absolute atomic E-state index is 13.4. The summed E-state index contributed by atoms with van der Waals surface area (Å²) in [7, 11) is 0. The van der Waals surface area contributed by atoms with Gasteiger partial charge in [-0.3, -0.25) is 9.69 Å². The maximum Gasteiger partial charge on any atom is 0.341 e. The molecule has 158 valence electrons. The van der Waals surface area contributed by atoms with Crippen LogP contribution in [0.15, 0.2) is 72.8 Å². The first kappa shape index (κ1) is 20.3. The van der Waals surface area contributed by atoms with Gasteiger partial charge in [-0.15, -0.1) is 0 Å². The molecule has 2 N–H and O–H groups in total. The van der Waals surface area contributed by atoms with E-state index in [0.717, 1.165) is 22.7 Å². The molecule has 0 fully saturated rings. The molecule has 7 nitrogen and oxygen atoms in total.